The molecule has 0 saturated carbocycles. The predicted molar refractivity (Wildman–Crippen MR) is 79.2 cm³/mol. The summed E-state index contributed by atoms with van der Waals surface area (Å²) in [7, 11) is 0. The van der Waals surface area contributed by atoms with Crippen molar-refractivity contribution < 1.29 is 9.59 Å². The molecule has 0 aliphatic heterocycles. The van der Waals surface area contributed by atoms with Gasteiger partial charge in [-0.2, -0.15) is 5.10 Å². The number of nitrogens with one attached hydrogen (secondary N) is 2. The molecule has 2 N–H and O–H groups in total. The molecule has 5 heteroatoms. The van der Waals surface area contributed by atoms with Crippen LogP contribution >= 0.6 is 0 Å². The molecule has 2 amide bonds. The number of hydrazone groups is 1. The van der Waals surface area contributed by atoms with Crippen molar-refractivity contribution in [3.05, 3.63) is 35.9 Å². The van der Waals surface area contributed by atoms with Gasteiger partial charge in [-0.15, -0.1) is 0 Å². The van der Waals surface area contributed by atoms with E-state index in [0.717, 1.165) is 24.1 Å². The van der Waals surface area contributed by atoms with E-state index in [9.17, 15) is 9.59 Å². The minimum absolute atomic E-state index is 0.227. The third-order valence-electron chi connectivity index (χ3n) is 2.99. The first kappa shape index (κ1) is 15.9. The van der Waals surface area contributed by atoms with Crippen LogP contribution in [0.2, 0.25) is 0 Å². The van der Waals surface area contributed by atoms with Gasteiger partial charge >= 0.3 is 11.8 Å². The van der Waals surface area contributed by atoms with Crippen LogP contribution in [0.25, 0.3) is 0 Å². The van der Waals surface area contributed by atoms with Gasteiger partial charge in [-0.05, 0) is 25.3 Å². The van der Waals surface area contributed by atoms with Crippen molar-refractivity contribution in [2.45, 2.75) is 39.7 Å². The first-order valence-electron chi connectivity index (χ1n) is 6.79. The lowest BCUT2D eigenvalue weighted by atomic mass is 10.1. The van der Waals surface area contributed by atoms with Crippen LogP contribution in [-0.2, 0) is 9.59 Å². The highest BCUT2D eigenvalue weighted by Crippen LogP contribution is 2.10. The molecule has 0 aromatic heterocycles. The van der Waals surface area contributed by atoms with Crippen LogP contribution in [0.15, 0.2) is 35.4 Å². The van der Waals surface area contributed by atoms with Gasteiger partial charge in [0.1, 0.15) is 0 Å². The van der Waals surface area contributed by atoms with Gasteiger partial charge in [0.2, 0.25) is 0 Å². The van der Waals surface area contributed by atoms with Crippen LogP contribution in [0.5, 0.6) is 0 Å². The summed E-state index contributed by atoms with van der Waals surface area (Å²) < 4.78 is 0. The van der Waals surface area contributed by atoms with Gasteiger partial charge in [0.15, 0.2) is 0 Å². The van der Waals surface area contributed by atoms with E-state index in [-0.39, 0.29) is 6.04 Å². The maximum absolute atomic E-state index is 11.7. The molecule has 0 radical (unpaired) electrons. The summed E-state index contributed by atoms with van der Waals surface area (Å²) in [6, 6.07) is 9.24. The molecule has 0 saturated heterocycles. The molecule has 0 aliphatic carbocycles. The van der Waals surface area contributed by atoms with Crippen molar-refractivity contribution in [3.63, 3.8) is 0 Å². The Morgan fingerprint density at radius 2 is 1.70 bits per heavy atom. The van der Waals surface area contributed by atoms with E-state index in [4.69, 9.17) is 0 Å². The minimum atomic E-state index is -0.743. The Balaban J connectivity index is 2.54. The fourth-order valence-corrected chi connectivity index (χ4v) is 1.68. The number of carbonyl (C=O) groups is 2. The Kier molecular flexibility index (Phi) is 6.43. The number of carbonyl (C=O) groups excluding carboxylic acids is 2. The lowest BCUT2D eigenvalue weighted by molar-refractivity contribution is -0.139. The van der Waals surface area contributed by atoms with E-state index in [0.29, 0.717) is 0 Å². The zero-order valence-corrected chi connectivity index (χ0v) is 12.1. The summed E-state index contributed by atoms with van der Waals surface area (Å²) in [5.74, 6) is -1.43. The fraction of sp³-hybridized carbons (Fsp3) is 0.400. The zero-order valence-electron chi connectivity index (χ0n) is 12.1. The topological polar surface area (TPSA) is 70.6 Å². The molecule has 1 aromatic rings. The molecule has 0 fully saturated rings. The number of nitrogens with zero attached hydrogens (tertiary/aromatic N) is 1. The van der Waals surface area contributed by atoms with E-state index < -0.39 is 11.8 Å². The van der Waals surface area contributed by atoms with Gasteiger partial charge in [0, 0.05) is 5.71 Å². The highest BCUT2D eigenvalue weighted by Gasteiger charge is 2.16. The quantitative estimate of drug-likeness (QED) is 0.491. The standard InChI is InChI=1S/C15H21N3O2/c1-4-13(5-2)17-18-15(20)14(19)16-11(3)12-9-7-6-8-10-12/h6-11H,4-5H2,1-3H3,(H,16,19)(H,18,20)/t11-/m1/s1. The van der Waals surface area contributed by atoms with Crippen LogP contribution in [0.4, 0.5) is 0 Å². The SMILES string of the molecule is CCC(CC)=NNC(=O)C(=O)N[C@H](C)c1ccccc1. The average Bonchev–Trinajstić information content (AvgIpc) is 2.48. The number of amides is 2. The number of benzene rings is 1. The largest absolute Gasteiger partial charge is 0.341 e. The van der Waals surface area contributed by atoms with Crippen molar-refractivity contribution >= 4 is 17.5 Å². The van der Waals surface area contributed by atoms with E-state index >= 15 is 0 Å². The Labute approximate surface area is 119 Å². The van der Waals surface area contributed by atoms with Crippen molar-refractivity contribution in [2.75, 3.05) is 0 Å². The second-order valence-corrected chi connectivity index (χ2v) is 4.43. The number of hydrogen-bond acceptors (Lipinski definition) is 3. The highest BCUT2D eigenvalue weighted by molar-refractivity contribution is 6.35. The summed E-state index contributed by atoms with van der Waals surface area (Å²) >= 11 is 0. The summed E-state index contributed by atoms with van der Waals surface area (Å²) in [6.45, 7) is 5.73. The van der Waals surface area contributed by atoms with Crippen LogP contribution < -0.4 is 10.7 Å². The molecule has 0 spiro atoms. The van der Waals surface area contributed by atoms with Crippen LogP contribution in [0.1, 0.15) is 45.2 Å². The van der Waals surface area contributed by atoms with Crippen molar-refractivity contribution in [1.29, 1.82) is 0 Å². The Bertz CT molecular complexity index is 477. The Hall–Kier alpha value is -2.17. The maximum atomic E-state index is 11.7. The second-order valence-electron chi connectivity index (χ2n) is 4.43. The summed E-state index contributed by atoms with van der Waals surface area (Å²) in [4.78, 5) is 23.3. The van der Waals surface area contributed by atoms with Gasteiger partial charge < -0.3 is 5.32 Å². The average molecular weight is 275 g/mol. The lowest BCUT2D eigenvalue weighted by Gasteiger charge is -2.13. The number of hydrogen-bond donors (Lipinski definition) is 2. The third kappa shape index (κ3) is 4.84. The van der Waals surface area contributed by atoms with Gasteiger partial charge in [-0.1, -0.05) is 44.2 Å². The molecule has 0 heterocycles. The smallest absolute Gasteiger partial charge is 0.329 e. The van der Waals surface area contributed by atoms with Crippen LogP contribution in [-0.4, -0.2) is 17.5 Å². The molecule has 1 rings (SSSR count). The molecular weight excluding hydrogens is 254 g/mol. The molecule has 108 valence electrons. The molecule has 1 aromatic carbocycles. The van der Waals surface area contributed by atoms with Gasteiger partial charge in [-0.25, -0.2) is 5.43 Å². The Morgan fingerprint density at radius 1 is 1.10 bits per heavy atom. The maximum Gasteiger partial charge on any atom is 0.329 e. The van der Waals surface area contributed by atoms with Crippen LogP contribution in [0.3, 0.4) is 0 Å². The molecule has 20 heavy (non-hydrogen) atoms. The van der Waals surface area contributed by atoms with E-state index in [1.165, 1.54) is 0 Å². The molecule has 0 aliphatic rings. The minimum Gasteiger partial charge on any atom is -0.341 e. The van der Waals surface area contributed by atoms with Crippen molar-refractivity contribution in [3.8, 4) is 0 Å². The first-order chi connectivity index (χ1) is 9.58. The van der Waals surface area contributed by atoms with Crippen LogP contribution in [0, 0.1) is 0 Å². The van der Waals surface area contributed by atoms with Crippen molar-refractivity contribution in [2.24, 2.45) is 5.10 Å². The molecule has 1 atom stereocenters. The predicted octanol–water partition coefficient (Wildman–Crippen LogP) is 2.16. The van der Waals surface area contributed by atoms with Gasteiger partial charge in [0.25, 0.3) is 0 Å². The van der Waals surface area contributed by atoms with E-state index in [1.54, 1.807) is 0 Å². The summed E-state index contributed by atoms with van der Waals surface area (Å²) in [5.41, 5.74) is 4.07. The normalized spacial score (nSPS) is 11.3. The Morgan fingerprint density at radius 3 is 2.25 bits per heavy atom. The van der Waals surface area contributed by atoms with Gasteiger partial charge in [-0.3, -0.25) is 9.59 Å². The first-order valence-corrected chi connectivity index (χ1v) is 6.79. The zero-order chi connectivity index (χ0) is 15.0. The molecular formula is C15H21N3O2. The summed E-state index contributed by atoms with van der Waals surface area (Å²) in [5, 5.41) is 6.55. The van der Waals surface area contributed by atoms with Gasteiger partial charge in [0.05, 0.1) is 6.04 Å². The molecule has 0 unspecified atom stereocenters. The summed E-state index contributed by atoms with van der Waals surface area (Å²) in [6.07, 6.45) is 1.50. The highest BCUT2D eigenvalue weighted by atomic mass is 16.2. The molecule has 5 nitrogen and oxygen atoms in total. The number of rotatable bonds is 5. The van der Waals surface area contributed by atoms with E-state index in [1.807, 2.05) is 51.1 Å². The van der Waals surface area contributed by atoms with E-state index in [2.05, 4.69) is 15.8 Å². The van der Waals surface area contributed by atoms with Crippen molar-refractivity contribution in [1.82, 2.24) is 10.7 Å². The second kappa shape index (κ2) is 8.09. The lowest BCUT2D eigenvalue weighted by Crippen LogP contribution is -2.39. The molecule has 0 bridgehead atoms. The fourth-order valence-electron chi connectivity index (χ4n) is 1.68. The monoisotopic (exact) mass is 275 g/mol. The third-order valence-corrected chi connectivity index (χ3v) is 2.99.